The van der Waals surface area contributed by atoms with Gasteiger partial charge in [0, 0.05) is 13.5 Å². The van der Waals surface area contributed by atoms with E-state index in [0.717, 1.165) is 25.7 Å². The average Bonchev–Trinajstić information content (AvgIpc) is 3.31. The predicted molar refractivity (Wildman–Crippen MR) is 148 cm³/mol. The van der Waals surface area contributed by atoms with Gasteiger partial charge in [-0.25, -0.2) is 0 Å². The Kier molecular flexibility index (Phi) is 28.4. The molecule has 0 saturated carbocycles. The van der Waals surface area contributed by atoms with E-state index in [1.807, 2.05) is 44.2 Å². The van der Waals surface area contributed by atoms with Crippen LogP contribution in [0.15, 0.2) is 43.0 Å². The zero-order valence-electron chi connectivity index (χ0n) is 23.2. The van der Waals surface area contributed by atoms with Crippen molar-refractivity contribution < 1.29 is 29.1 Å². The molecule has 0 spiro atoms. The number of carbonyl (C=O) groups excluding carboxylic acids is 4. The van der Waals surface area contributed by atoms with Crippen molar-refractivity contribution in [2.45, 2.75) is 44.7 Å². The number of aliphatic carboxylic acids is 1. The lowest BCUT2D eigenvalue weighted by molar-refractivity contribution is -0.139. The molecule has 37 heavy (non-hydrogen) atoms. The van der Waals surface area contributed by atoms with Gasteiger partial charge in [0.25, 0.3) is 0 Å². The summed E-state index contributed by atoms with van der Waals surface area (Å²) in [5, 5.41) is 13.7. The molecule has 0 bridgehead atoms. The van der Waals surface area contributed by atoms with Crippen LogP contribution in [-0.4, -0.2) is 106 Å². The van der Waals surface area contributed by atoms with Gasteiger partial charge in [-0.15, -0.1) is 0 Å². The Labute approximate surface area is 222 Å². The molecule has 1 aromatic carbocycles. The number of aldehydes is 3. The summed E-state index contributed by atoms with van der Waals surface area (Å²) in [6, 6.07) is 9.66. The smallest absolute Gasteiger partial charge is 0.320 e. The van der Waals surface area contributed by atoms with Crippen molar-refractivity contribution in [3.05, 3.63) is 48.6 Å². The van der Waals surface area contributed by atoms with E-state index in [4.69, 9.17) is 9.90 Å². The lowest BCUT2D eigenvalue weighted by Crippen LogP contribution is -2.43. The third-order valence-corrected chi connectivity index (χ3v) is 4.79. The molecule has 1 heterocycles. The molecule has 1 saturated heterocycles. The van der Waals surface area contributed by atoms with Gasteiger partial charge in [0.1, 0.15) is 24.9 Å². The van der Waals surface area contributed by atoms with Crippen LogP contribution in [0.2, 0.25) is 0 Å². The fraction of sp³-hybridized carbons (Fsp3) is 0.519. The number of nitrogens with zero attached hydrogens (tertiary/aromatic N) is 2. The van der Waals surface area contributed by atoms with Crippen LogP contribution in [0.25, 0.3) is 0 Å². The largest absolute Gasteiger partial charge is 0.480 e. The average molecular weight is 523 g/mol. The number of likely N-dealkylation sites (tertiary alicyclic amines) is 1. The highest BCUT2D eigenvalue weighted by Gasteiger charge is 2.29. The maximum absolute atomic E-state index is 11.7. The minimum atomic E-state index is -0.913. The summed E-state index contributed by atoms with van der Waals surface area (Å²) < 4.78 is 0. The second kappa shape index (κ2) is 27.4. The molecular formula is C27H46N4O6. The number of benzene rings is 1. The molecule has 1 amide bonds. The number of nitrogens with one attached hydrogen (secondary N) is 2. The van der Waals surface area contributed by atoms with Gasteiger partial charge in [-0.1, -0.05) is 42.5 Å². The summed E-state index contributed by atoms with van der Waals surface area (Å²) >= 11 is 0. The number of carbonyl (C=O) groups is 5. The number of likely N-dealkylation sites (N-methyl/N-ethyl adjacent to an activating group) is 3. The maximum atomic E-state index is 11.7. The van der Waals surface area contributed by atoms with Crippen molar-refractivity contribution in [1.82, 2.24) is 20.4 Å². The topological polar surface area (TPSA) is 136 Å². The summed E-state index contributed by atoms with van der Waals surface area (Å²) in [5.41, 5.74) is 1.32. The second-order valence-electron chi connectivity index (χ2n) is 7.97. The van der Waals surface area contributed by atoms with Gasteiger partial charge in [-0.05, 0) is 67.0 Å². The highest BCUT2D eigenvalue weighted by atomic mass is 16.4. The number of carboxylic acids is 1. The number of hydrogen-bond donors (Lipinski definition) is 3. The normalized spacial score (nSPS) is 14.2. The Hall–Kier alpha value is -3.21. The van der Waals surface area contributed by atoms with Gasteiger partial charge in [0.15, 0.2) is 0 Å². The molecule has 0 radical (unpaired) electrons. The second-order valence-corrected chi connectivity index (χ2v) is 7.97. The molecule has 210 valence electrons. The van der Waals surface area contributed by atoms with E-state index in [1.165, 1.54) is 16.5 Å². The highest BCUT2D eigenvalue weighted by Crippen LogP contribution is 2.16. The zero-order valence-corrected chi connectivity index (χ0v) is 23.2. The van der Waals surface area contributed by atoms with Crippen molar-refractivity contribution in [2.24, 2.45) is 0 Å². The molecule has 1 aliphatic rings. The summed E-state index contributed by atoms with van der Waals surface area (Å²) in [6.45, 7) is 6.37. The first-order valence-electron chi connectivity index (χ1n) is 12.0. The van der Waals surface area contributed by atoms with Gasteiger partial charge < -0.3 is 30.2 Å². The van der Waals surface area contributed by atoms with Crippen LogP contribution in [-0.2, 0) is 24.0 Å². The van der Waals surface area contributed by atoms with Crippen LogP contribution >= 0.6 is 0 Å². The Balaban J connectivity index is -0.000000428. The molecule has 10 heteroatoms. The van der Waals surface area contributed by atoms with E-state index in [1.54, 1.807) is 14.1 Å². The fourth-order valence-corrected chi connectivity index (χ4v) is 2.84. The van der Waals surface area contributed by atoms with Crippen molar-refractivity contribution in [3.8, 4) is 0 Å². The SMILES string of the molecule is C=CC=O.CN(CC=O)C(=O)C1CCCN1C.CNC.CNC(CCC=O)C(=O)O.Cc1ccccc1. The number of carboxylic acid groups (broad SMARTS) is 1. The van der Waals surface area contributed by atoms with Crippen molar-refractivity contribution in [3.63, 3.8) is 0 Å². The third kappa shape index (κ3) is 23.0. The Morgan fingerprint density at radius 2 is 1.70 bits per heavy atom. The highest BCUT2D eigenvalue weighted by molar-refractivity contribution is 5.83. The zero-order chi connectivity index (χ0) is 29.1. The molecule has 1 aromatic rings. The van der Waals surface area contributed by atoms with E-state index in [2.05, 4.69) is 36.3 Å². The molecule has 2 rings (SSSR count). The number of aryl methyl sites for hydroxylation is 1. The van der Waals surface area contributed by atoms with Crippen molar-refractivity contribution >= 4 is 30.7 Å². The van der Waals surface area contributed by atoms with Crippen LogP contribution in [0, 0.1) is 6.92 Å². The van der Waals surface area contributed by atoms with Crippen LogP contribution in [0.1, 0.15) is 31.2 Å². The molecule has 1 fully saturated rings. The third-order valence-electron chi connectivity index (χ3n) is 4.79. The molecule has 0 aliphatic carbocycles. The van der Waals surface area contributed by atoms with Crippen LogP contribution < -0.4 is 10.6 Å². The lowest BCUT2D eigenvalue weighted by atomic mass is 10.2. The van der Waals surface area contributed by atoms with Crippen LogP contribution in [0.5, 0.6) is 0 Å². The molecule has 1 aliphatic heterocycles. The van der Waals surface area contributed by atoms with Gasteiger partial charge in [0.05, 0.1) is 12.6 Å². The van der Waals surface area contributed by atoms with Crippen LogP contribution in [0.3, 0.4) is 0 Å². The molecule has 3 N–H and O–H groups in total. The first-order valence-corrected chi connectivity index (χ1v) is 12.0. The first kappa shape index (κ1) is 38.3. The Morgan fingerprint density at radius 1 is 1.16 bits per heavy atom. The summed E-state index contributed by atoms with van der Waals surface area (Å²) in [4.78, 5) is 54.6. The van der Waals surface area contributed by atoms with Crippen LogP contribution in [0.4, 0.5) is 0 Å². The van der Waals surface area contributed by atoms with E-state index in [0.29, 0.717) is 19.0 Å². The lowest BCUT2D eigenvalue weighted by Gasteiger charge is -2.23. The molecule has 2 unspecified atom stereocenters. The van der Waals surface area contributed by atoms with Gasteiger partial charge in [-0.2, -0.15) is 0 Å². The molecule has 0 aromatic heterocycles. The summed E-state index contributed by atoms with van der Waals surface area (Å²) in [7, 11) is 8.93. The molecule has 2 atom stereocenters. The Morgan fingerprint density at radius 3 is 2.00 bits per heavy atom. The number of hydrogen-bond acceptors (Lipinski definition) is 8. The quantitative estimate of drug-likeness (QED) is 0.326. The summed E-state index contributed by atoms with van der Waals surface area (Å²) in [6.07, 6.45) is 5.94. The van der Waals surface area contributed by atoms with Crippen molar-refractivity contribution in [1.29, 1.82) is 0 Å². The summed E-state index contributed by atoms with van der Waals surface area (Å²) in [5.74, 6) is -0.851. The minimum absolute atomic E-state index is 0.00931. The fourth-order valence-electron chi connectivity index (χ4n) is 2.84. The standard InChI is InChI=1S/C9H16N2O2.C7H8.C6H11NO3.C3H4O.C2H7N/c1-10-5-3-4-8(10)9(13)11(2)6-7-12;1-7-5-3-2-4-6-7;1-7-5(6(9)10)3-2-4-8;1-2-3-4;1-3-2/h7-8H,3-6H2,1-2H3;2-6H,1H3;4-5,7H,2-3H2,1H3,(H,9,10);2-3H,1H2;3H,1-2H3. The van der Waals surface area contributed by atoms with E-state index in [9.17, 15) is 19.2 Å². The van der Waals surface area contributed by atoms with Gasteiger partial charge in [0.2, 0.25) is 5.91 Å². The monoisotopic (exact) mass is 522 g/mol. The number of allylic oxidation sites excluding steroid dienone is 1. The molecular weight excluding hydrogens is 476 g/mol. The predicted octanol–water partition coefficient (Wildman–Crippen LogP) is 1.58. The maximum Gasteiger partial charge on any atom is 0.320 e. The first-order chi connectivity index (χ1) is 17.6. The van der Waals surface area contributed by atoms with Gasteiger partial charge >= 0.3 is 5.97 Å². The van der Waals surface area contributed by atoms with Crippen molar-refractivity contribution in [2.75, 3.05) is 48.3 Å². The Bertz CT molecular complexity index is 740. The molecule has 10 nitrogen and oxygen atoms in total. The minimum Gasteiger partial charge on any atom is -0.480 e. The van der Waals surface area contributed by atoms with E-state index in [-0.39, 0.29) is 24.9 Å². The number of amides is 1. The van der Waals surface area contributed by atoms with Gasteiger partial charge in [-0.3, -0.25) is 19.3 Å². The van der Waals surface area contributed by atoms with E-state index >= 15 is 0 Å². The number of rotatable bonds is 9. The van der Waals surface area contributed by atoms with E-state index < -0.39 is 12.0 Å².